The number of benzene rings is 1. The van der Waals surface area contributed by atoms with Crippen LogP contribution in [0.3, 0.4) is 0 Å². The second kappa shape index (κ2) is 5.52. The largest absolute Gasteiger partial charge is 0.366 e. The van der Waals surface area contributed by atoms with Crippen LogP contribution in [0.2, 0.25) is 0 Å². The zero-order chi connectivity index (χ0) is 14.0. The van der Waals surface area contributed by atoms with Crippen molar-refractivity contribution in [1.82, 2.24) is 0 Å². The molecule has 1 saturated heterocycles. The average Bonchev–Trinajstić information content (AvgIpc) is 2.39. The third-order valence-corrected chi connectivity index (χ3v) is 3.76. The molecule has 1 aliphatic heterocycles. The fourth-order valence-corrected chi connectivity index (χ4v) is 2.55. The van der Waals surface area contributed by atoms with Gasteiger partial charge in [-0.25, -0.2) is 4.39 Å². The molecule has 2 rings (SSSR count). The van der Waals surface area contributed by atoms with Crippen LogP contribution >= 0.6 is 0 Å². The van der Waals surface area contributed by atoms with Crippen LogP contribution in [0.25, 0.3) is 0 Å². The molecule has 2 atom stereocenters. The van der Waals surface area contributed by atoms with Crippen molar-refractivity contribution in [3.8, 4) is 0 Å². The first-order chi connectivity index (χ1) is 9.02. The Morgan fingerprint density at radius 1 is 1.53 bits per heavy atom. The lowest BCUT2D eigenvalue weighted by Gasteiger charge is -2.39. The van der Waals surface area contributed by atoms with E-state index in [4.69, 9.17) is 5.73 Å². The molecule has 1 fully saturated rings. The van der Waals surface area contributed by atoms with Gasteiger partial charge in [0.2, 0.25) is 0 Å². The summed E-state index contributed by atoms with van der Waals surface area (Å²) >= 11 is 0. The lowest BCUT2D eigenvalue weighted by Crippen LogP contribution is -2.44. The van der Waals surface area contributed by atoms with E-state index in [0.29, 0.717) is 24.7 Å². The summed E-state index contributed by atoms with van der Waals surface area (Å²) < 4.78 is 14.0. The Labute approximate surface area is 111 Å². The molecule has 2 N–H and O–H groups in total. The highest BCUT2D eigenvalue weighted by Gasteiger charge is 2.27. The van der Waals surface area contributed by atoms with E-state index < -0.39 is 10.7 Å². The topological polar surface area (TPSA) is 72.4 Å². The predicted octanol–water partition coefficient (Wildman–Crippen LogP) is 2.30. The molecule has 0 aliphatic carbocycles. The van der Waals surface area contributed by atoms with Gasteiger partial charge in [-0.15, -0.1) is 0 Å². The Morgan fingerprint density at radius 3 is 2.84 bits per heavy atom. The maximum absolute atomic E-state index is 14.0. The highest BCUT2D eigenvalue weighted by atomic mass is 19.1. The molecule has 1 aliphatic rings. The van der Waals surface area contributed by atoms with E-state index in [1.165, 1.54) is 12.1 Å². The molecule has 6 heteroatoms. The molecular weight excluding hydrogens is 249 g/mol. The maximum Gasteiger partial charge on any atom is 0.272 e. The number of nitro groups is 1. The highest BCUT2D eigenvalue weighted by molar-refractivity contribution is 5.53. The van der Waals surface area contributed by atoms with Crippen LogP contribution in [0.1, 0.15) is 19.8 Å². The Hall–Kier alpha value is -1.69. The van der Waals surface area contributed by atoms with E-state index in [2.05, 4.69) is 0 Å². The first-order valence-electron chi connectivity index (χ1n) is 6.43. The number of hydrogen-bond donors (Lipinski definition) is 1. The van der Waals surface area contributed by atoms with Crippen LogP contribution < -0.4 is 10.6 Å². The molecule has 0 spiro atoms. The maximum atomic E-state index is 14.0. The number of rotatable bonds is 3. The molecule has 0 aromatic heterocycles. The normalized spacial score (nSPS) is 23.4. The summed E-state index contributed by atoms with van der Waals surface area (Å²) in [4.78, 5) is 12.0. The molecule has 0 saturated carbocycles. The fourth-order valence-electron chi connectivity index (χ4n) is 2.55. The van der Waals surface area contributed by atoms with Crippen molar-refractivity contribution in [1.29, 1.82) is 0 Å². The molecule has 1 aromatic carbocycles. The van der Waals surface area contributed by atoms with Crippen LogP contribution in [-0.2, 0) is 0 Å². The van der Waals surface area contributed by atoms with Crippen LogP contribution in [-0.4, -0.2) is 24.1 Å². The fraction of sp³-hybridized carbons (Fsp3) is 0.538. The summed E-state index contributed by atoms with van der Waals surface area (Å²) in [6.45, 7) is 3.32. The average molecular weight is 267 g/mol. The minimum absolute atomic E-state index is 0.221. The molecule has 2 unspecified atom stereocenters. The smallest absolute Gasteiger partial charge is 0.272 e. The summed E-state index contributed by atoms with van der Waals surface area (Å²) in [7, 11) is 0. The second-order valence-corrected chi connectivity index (χ2v) is 5.07. The monoisotopic (exact) mass is 267 g/mol. The number of nitro benzene ring substituents is 1. The number of anilines is 1. The summed E-state index contributed by atoms with van der Waals surface area (Å²) in [5.41, 5.74) is 5.89. The Kier molecular flexibility index (Phi) is 3.99. The third kappa shape index (κ3) is 2.84. The second-order valence-electron chi connectivity index (χ2n) is 5.07. The standard InChI is InChI=1S/C13H18FN3O2/c1-9-2-3-10(7-15)8-16(9)13-5-4-11(17(18)19)6-12(13)14/h4-6,9-10H,2-3,7-8,15H2,1H3. The van der Waals surface area contributed by atoms with Gasteiger partial charge < -0.3 is 10.6 Å². The van der Waals surface area contributed by atoms with E-state index >= 15 is 0 Å². The van der Waals surface area contributed by atoms with Gasteiger partial charge in [-0.05, 0) is 38.3 Å². The van der Waals surface area contributed by atoms with E-state index in [9.17, 15) is 14.5 Å². The third-order valence-electron chi connectivity index (χ3n) is 3.76. The number of nitrogens with two attached hydrogens (primary N) is 1. The number of halogens is 1. The summed E-state index contributed by atoms with van der Waals surface area (Å²) in [6.07, 6.45) is 2.00. The van der Waals surface area contributed by atoms with Gasteiger partial charge >= 0.3 is 0 Å². The van der Waals surface area contributed by atoms with E-state index in [-0.39, 0.29) is 11.7 Å². The molecule has 1 heterocycles. The Balaban J connectivity index is 2.27. The van der Waals surface area contributed by atoms with Crippen molar-refractivity contribution in [3.63, 3.8) is 0 Å². The van der Waals surface area contributed by atoms with Gasteiger partial charge in [-0.1, -0.05) is 0 Å². The number of hydrogen-bond acceptors (Lipinski definition) is 4. The zero-order valence-corrected chi connectivity index (χ0v) is 10.9. The van der Waals surface area contributed by atoms with Crippen molar-refractivity contribution in [3.05, 3.63) is 34.1 Å². The predicted molar refractivity (Wildman–Crippen MR) is 71.6 cm³/mol. The lowest BCUT2D eigenvalue weighted by molar-refractivity contribution is -0.385. The van der Waals surface area contributed by atoms with Gasteiger partial charge in [0.25, 0.3) is 5.69 Å². The molecule has 0 amide bonds. The Bertz CT molecular complexity index is 481. The van der Waals surface area contributed by atoms with Crippen LogP contribution in [0.4, 0.5) is 15.8 Å². The first-order valence-corrected chi connectivity index (χ1v) is 6.43. The van der Waals surface area contributed by atoms with Crippen LogP contribution in [0.5, 0.6) is 0 Å². The van der Waals surface area contributed by atoms with Crippen LogP contribution in [0.15, 0.2) is 18.2 Å². The molecule has 1 aromatic rings. The van der Waals surface area contributed by atoms with Crippen molar-refractivity contribution >= 4 is 11.4 Å². The summed E-state index contributed by atoms with van der Waals surface area (Å²) in [5, 5.41) is 10.6. The van der Waals surface area contributed by atoms with Crippen LogP contribution in [0, 0.1) is 21.8 Å². The van der Waals surface area contributed by atoms with Gasteiger partial charge in [0.15, 0.2) is 5.82 Å². The van der Waals surface area contributed by atoms with E-state index in [1.54, 1.807) is 0 Å². The van der Waals surface area contributed by atoms with Gasteiger partial charge in [0.1, 0.15) is 0 Å². The molecule has 19 heavy (non-hydrogen) atoms. The lowest BCUT2D eigenvalue weighted by atomic mass is 9.93. The number of non-ortho nitro benzene ring substituents is 1. The quantitative estimate of drug-likeness (QED) is 0.673. The van der Waals surface area contributed by atoms with Gasteiger partial charge in [-0.3, -0.25) is 10.1 Å². The number of piperidine rings is 1. The molecular formula is C13H18FN3O2. The summed E-state index contributed by atoms with van der Waals surface area (Å²) in [5.74, 6) is -0.190. The Morgan fingerprint density at radius 2 is 2.26 bits per heavy atom. The van der Waals surface area contributed by atoms with Crippen molar-refractivity contribution < 1.29 is 9.31 Å². The molecule has 0 radical (unpaired) electrons. The first kappa shape index (κ1) is 13.7. The van der Waals surface area contributed by atoms with Crippen molar-refractivity contribution in [2.24, 2.45) is 11.7 Å². The number of nitrogens with zero attached hydrogens (tertiary/aromatic N) is 2. The molecule has 5 nitrogen and oxygen atoms in total. The summed E-state index contributed by atoms with van der Waals surface area (Å²) in [6, 6.07) is 4.03. The van der Waals surface area contributed by atoms with Crippen molar-refractivity contribution in [2.45, 2.75) is 25.8 Å². The van der Waals surface area contributed by atoms with Crippen molar-refractivity contribution in [2.75, 3.05) is 18.0 Å². The van der Waals surface area contributed by atoms with E-state index in [1.807, 2.05) is 11.8 Å². The SMILES string of the molecule is CC1CCC(CN)CN1c1ccc([N+](=O)[O-])cc1F. The minimum atomic E-state index is -0.588. The van der Waals surface area contributed by atoms with Gasteiger partial charge in [0, 0.05) is 18.7 Å². The highest BCUT2D eigenvalue weighted by Crippen LogP contribution is 2.31. The van der Waals surface area contributed by atoms with E-state index in [0.717, 1.165) is 18.9 Å². The minimum Gasteiger partial charge on any atom is -0.366 e. The zero-order valence-electron chi connectivity index (χ0n) is 10.9. The molecule has 0 bridgehead atoms. The van der Waals surface area contributed by atoms with Gasteiger partial charge in [-0.2, -0.15) is 0 Å². The van der Waals surface area contributed by atoms with Gasteiger partial charge in [0.05, 0.1) is 16.7 Å². The molecule has 104 valence electrons.